The van der Waals surface area contributed by atoms with E-state index in [1.54, 1.807) is 0 Å². The summed E-state index contributed by atoms with van der Waals surface area (Å²) in [7, 11) is -15.5. The quantitative estimate of drug-likeness (QED) is 0.212. The molecule has 17 heteroatoms. The SMILES string of the molecule is O=S(=O)([O-])[O-].O=S(=O)([O-])[O-].O=S(=O)([O-])[O-].[Tb+3].[Y+3]. The van der Waals surface area contributed by atoms with Crippen molar-refractivity contribution in [3.63, 3.8) is 0 Å². The molecule has 0 N–H and O–H groups in total. The van der Waals surface area contributed by atoms with Crippen molar-refractivity contribution in [1.29, 1.82) is 0 Å². The molecular weight excluding hydrogens is 536 g/mol. The van der Waals surface area contributed by atoms with Gasteiger partial charge in [-0.3, -0.25) is 25.3 Å². The normalized spacial score (nSPS) is 10.2. The Morgan fingerprint density at radius 1 is 0.471 bits per heavy atom. The van der Waals surface area contributed by atoms with Crippen LogP contribution in [0.25, 0.3) is 0 Å². The first-order chi connectivity index (χ1) is 6.00. The van der Waals surface area contributed by atoms with Gasteiger partial charge in [0.2, 0.25) is 0 Å². The fourth-order valence-corrected chi connectivity index (χ4v) is 0. The average Bonchev–Trinajstić information content (AvgIpc) is 1.41. The van der Waals surface area contributed by atoms with E-state index in [4.69, 9.17) is 52.6 Å². The first-order valence-corrected chi connectivity index (χ1v) is 6.00. The van der Waals surface area contributed by atoms with Crippen LogP contribution in [-0.2, 0) is 63.9 Å². The topological polar surface area (TPSA) is 241 Å². The Bertz CT molecular complexity index is 343. The van der Waals surface area contributed by atoms with Crippen LogP contribution in [0.5, 0.6) is 0 Å². The maximum atomic E-state index is 8.52. The van der Waals surface area contributed by atoms with Gasteiger partial charge in [-0.05, 0) is 0 Å². The Balaban J connectivity index is -0.0000000400. The largest absolute Gasteiger partial charge is 3.00 e. The first-order valence-electron chi connectivity index (χ1n) is 2.00. The van der Waals surface area contributed by atoms with Crippen LogP contribution < -0.4 is 0 Å². The minimum atomic E-state index is -5.17. The molecule has 0 aromatic rings. The molecule has 0 aromatic heterocycles. The molecule has 0 aliphatic heterocycles. The van der Waals surface area contributed by atoms with Crippen molar-refractivity contribution in [3.8, 4) is 0 Å². The smallest absolute Gasteiger partial charge is 0.759 e. The van der Waals surface area contributed by atoms with E-state index >= 15 is 0 Å². The van der Waals surface area contributed by atoms with Crippen molar-refractivity contribution in [1.82, 2.24) is 0 Å². The van der Waals surface area contributed by atoms with Crippen LogP contribution in [0.1, 0.15) is 0 Å². The van der Waals surface area contributed by atoms with Gasteiger partial charge >= 0.3 is 71.3 Å². The van der Waals surface area contributed by atoms with Gasteiger partial charge in [-0.25, -0.2) is 0 Å². The second-order valence-corrected chi connectivity index (χ2v) is 3.67. The van der Waals surface area contributed by atoms with Crippen LogP contribution in [0.15, 0.2) is 0 Å². The third-order valence-corrected chi connectivity index (χ3v) is 0. The molecule has 0 aliphatic carbocycles. The van der Waals surface area contributed by atoms with E-state index in [1.807, 2.05) is 0 Å². The van der Waals surface area contributed by atoms with E-state index < -0.39 is 31.2 Å². The number of hydrogen-bond acceptors (Lipinski definition) is 12. The molecular formula is O12S3TbY. The van der Waals surface area contributed by atoms with E-state index in [9.17, 15) is 0 Å². The minimum Gasteiger partial charge on any atom is -0.759 e. The van der Waals surface area contributed by atoms with Crippen molar-refractivity contribution in [3.05, 3.63) is 0 Å². The minimum absolute atomic E-state index is 0. The molecule has 12 nitrogen and oxygen atoms in total. The van der Waals surface area contributed by atoms with Crippen LogP contribution in [0.3, 0.4) is 0 Å². The van der Waals surface area contributed by atoms with Crippen LogP contribution in [-0.4, -0.2) is 52.6 Å². The Labute approximate surface area is 153 Å². The molecule has 0 bridgehead atoms. The molecule has 0 fully saturated rings. The summed E-state index contributed by atoms with van der Waals surface area (Å²) in [6.45, 7) is 0. The molecule has 0 unspecified atom stereocenters. The summed E-state index contributed by atoms with van der Waals surface area (Å²) in [6.07, 6.45) is 0. The van der Waals surface area contributed by atoms with Crippen molar-refractivity contribution in [2.24, 2.45) is 0 Å². The van der Waals surface area contributed by atoms with Gasteiger partial charge in [-0.2, -0.15) is 0 Å². The Morgan fingerprint density at radius 3 is 0.471 bits per heavy atom. The fourth-order valence-electron chi connectivity index (χ4n) is 0. The molecule has 0 spiro atoms. The zero-order chi connectivity index (χ0) is 13.5. The fraction of sp³-hybridized carbons (Fsp3) is 0. The molecule has 0 atom stereocenters. The van der Waals surface area contributed by atoms with Gasteiger partial charge in [0.25, 0.3) is 0 Å². The summed E-state index contributed by atoms with van der Waals surface area (Å²) in [6, 6.07) is 0. The zero-order valence-electron chi connectivity index (χ0n) is 7.03. The van der Waals surface area contributed by atoms with Crippen molar-refractivity contribution < 1.29 is 124 Å². The molecule has 0 aliphatic rings. The van der Waals surface area contributed by atoms with Crippen LogP contribution in [0, 0.1) is 38.6 Å². The Kier molecular flexibility index (Phi) is 24.0. The summed E-state index contributed by atoms with van der Waals surface area (Å²) in [5.74, 6) is 0. The maximum Gasteiger partial charge on any atom is 3.00 e. The third kappa shape index (κ3) is 1150. The van der Waals surface area contributed by atoms with E-state index in [2.05, 4.69) is 0 Å². The second-order valence-electron chi connectivity index (χ2n) is 1.22. The van der Waals surface area contributed by atoms with Gasteiger partial charge in [0, 0.05) is 31.2 Å². The standard InChI is InChI=1S/3H2O4S.Tb.Y/c3*1-5(2,3)4;;/h3*(H2,1,2,3,4);;/q;;;2*+3/p-6. The molecule has 0 amide bonds. The van der Waals surface area contributed by atoms with Gasteiger partial charge in [-0.15, -0.1) is 0 Å². The second kappa shape index (κ2) is 13.0. The first kappa shape index (κ1) is 31.4. The van der Waals surface area contributed by atoms with Gasteiger partial charge in [0.1, 0.15) is 0 Å². The van der Waals surface area contributed by atoms with Crippen molar-refractivity contribution >= 4 is 31.2 Å². The molecule has 0 heterocycles. The van der Waals surface area contributed by atoms with Gasteiger partial charge < -0.3 is 27.3 Å². The third-order valence-electron chi connectivity index (χ3n) is 0. The van der Waals surface area contributed by atoms with Gasteiger partial charge in [0.05, 0.1) is 0 Å². The summed E-state index contributed by atoms with van der Waals surface area (Å²) in [5.41, 5.74) is 0. The van der Waals surface area contributed by atoms with E-state index in [0.717, 1.165) is 0 Å². The number of rotatable bonds is 0. The predicted molar refractivity (Wildman–Crippen MR) is 31.4 cm³/mol. The summed E-state index contributed by atoms with van der Waals surface area (Å²) < 4.78 is 102. The van der Waals surface area contributed by atoms with E-state index in [1.165, 1.54) is 0 Å². The molecule has 0 radical (unpaired) electrons. The molecule has 0 saturated heterocycles. The summed E-state index contributed by atoms with van der Waals surface area (Å²) in [5, 5.41) is 0. The predicted octanol–water partition coefficient (Wildman–Crippen LogP) is -4.02. The zero-order valence-corrected chi connectivity index (χ0v) is 14.5. The van der Waals surface area contributed by atoms with E-state index in [-0.39, 0.29) is 71.3 Å². The van der Waals surface area contributed by atoms with Crippen LogP contribution in [0.2, 0.25) is 0 Å². The Hall–Kier alpha value is 2.00. The molecule has 0 aromatic carbocycles. The Morgan fingerprint density at radius 2 is 0.471 bits per heavy atom. The maximum absolute atomic E-state index is 8.52. The summed E-state index contributed by atoms with van der Waals surface area (Å²) >= 11 is 0. The van der Waals surface area contributed by atoms with Crippen molar-refractivity contribution in [2.75, 3.05) is 0 Å². The molecule has 17 heavy (non-hydrogen) atoms. The summed E-state index contributed by atoms with van der Waals surface area (Å²) in [4.78, 5) is 0. The molecule has 0 saturated carbocycles. The monoisotopic (exact) mass is 536 g/mol. The molecule has 102 valence electrons. The van der Waals surface area contributed by atoms with Crippen LogP contribution >= 0.6 is 0 Å². The average molecular weight is 536 g/mol. The van der Waals surface area contributed by atoms with Gasteiger partial charge in [0.15, 0.2) is 0 Å². The van der Waals surface area contributed by atoms with E-state index in [0.29, 0.717) is 0 Å². The number of hydrogen-bond donors (Lipinski definition) is 0. The van der Waals surface area contributed by atoms with Crippen LogP contribution in [0.4, 0.5) is 0 Å². The molecule has 0 rings (SSSR count). The van der Waals surface area contributed by atoms with Gasteiger partial charge in [-0.1, -0.05) is 0 Å². The van der Waals surface area contributed by atoms with Crippen molar-refractivity contribution in [2.45, 2.75) is 0 Å².